The fraction of sp³-hybridized carbons (Fsp3) is 0.500. The van der Waals surface area contributed by atoms with Crippen molar-refractivity contribution in [2.45, 2.75) is 52.8 Å². The maximum atomic E-state index is 11.7. The number of carbonyl (C=O) groups is 1. The Morgan fingerprint density at radius 3 is 2.38 bits per heavy atom. The summed E-state index contributed by atoms with van der Waals surface area (Å²) in [5.41, 5.74) is 0.778. The van der Waals surface area contributed by atoms with Crippen molar-refractivity contribution in [3.63, 3.8) is 0 Å². The van der Waals surface area contributed by atoms with Crippen LogP contribution in [0.2, 0.25) is 0 Å². The highest BCUT2D eigenvalue weighted by atomic mass is 16.6. The molecule has 0 fully saturated rings. The highest BCUT2D eigenvalue weighted by molar-refractivity contribution is 5.82. The Balaban J connectivity index is 2.56. The number of carbonyl (C=O) groups excluding carboxylic acids is 1. The van der Waals surface area contributed by atoms with Gasteiger partial charge >= 0.3 is 5.97 Å². The van der Waals surface area contributed by atoms with E-state index in [1.807, 2.05) is 45.0 Å². The van der Waals surface area contributed by atoms with E-state index in [1.54, 1.807) is 0 Å². The molecule has 0 spiro atoms. The molecule has 3 nitrogen and oxygen atoms in total. The lowest BCUT2D eigenvalue weighted by molar-refractivity contribution is -0.148. The molecule has 116 valence electrons. The van der Waals surface area contributed by atoms with Crippen LogP contribution in [0, 0.1) is 5.92 Å². The van der Waals surface area contributed by atoms with Crippen molar-refractivity contribution in [2.75, 3.05) is 0 Å². The van der Waals surface area contributed by atoms with Gasteiger partial charge in [-0.3, -0.25) is 0 Å². The van der Waals surface area contributed by atoms with Crippen LogP contribution < -0.4 is 5.32 Å². The Morgan fingerprint density at radius 2 is 1.86 bits per heavy atom. The smallest absolute Gasteiger partial charge is 0.330 e. The Kier molecular flexibility index (Phi) is 6.63. The molecular formula is C18H27NO2. The average molecular weight is 289 g/mol. The second-order valence-electron chi connectivity index (χ2n) is 6.53. The van der Waals surface area contributed by atoms with Crippen molar-refractivity contribution < 1.29 is 9.53 Å². The summed E-state index contributed by atoms with van der Waals surface area (Å²) in [4.78, 5) is 11.7. The summed E-state index contributed by atoms with van der Waals surface area (Å²) in [5.74, 6) is 0.0991. The summed E-state index contributed by atoms with van der Waals surface area (Å²) < 4.78 is 5.28. The zero-order chi connectivity index (χ0) is 15.9. The molecule has 1 aromatic carbocycles. The van der Waals surface area contributed by atoms with Crippen LogP contribution in [0.3, 0.4) is 0 Å². The number of ether oxygens (including phenoxy) is 1. The van der Waals surface area contributed by atoms with Crippen LogP contribution >= 0.6 is 0 Å². The summed E-state index contributed by atoms with van der Waals surface area (Å²) in [7, 11) is 0. The largest absolute Gasteiger partial charge is 0.457 e. The third-order valence-corrected chi connectivity index (χ3v) is 2.95. The van der Waals surface area contributed by atoms with Crippen LogP contribution in [0.5, 0.6) is 0 Å². The minimum absolute atomic E-state index is 0.137. The number of esters is 1. The van der Waals surface area contributed by atoms with Gasteiger partial charge in [-0.15, -0.1) is 0 Å². The number of nitrogens with one attached hydrogen (secondary N) is 1. The molecule has 0 aromatic heterocycles. The number of hydrogen-bond donors (Lipinski definition) is 1. The van der Waals surface area contributed by atoms with Crippen molar-refractivity contribution in [2.24, 2.45) is 5.92 Å². The van der Waals surface area contributed by atoms with Crippen LogP contribution in [0.4, 0.5) is 0 Å². The number of hydrogen-bond acceptors (Lipinski definition) is 3. The first-order chi connectivity index (χ1) is 9.78. The predicted molar refractivity (Wildman–Crippen MR) is 86.9 cm³/mol. The zero-order valence-corrected chi connectivity index (χ0v) is 13.7. The number of benzene rings is 1. The van der Waals surface area contributed by atoms with Gasteiger partial charge in [0.15, 0.2) is 0 Å². The van der Waals surface area contributed by atoms with E-state index in [9.17, 15) is 4.79 Å². The maximum absolute atomic E-state index is 11.7. The third-order valence-electron chi connectivity index (χ3n) is 2.95. The summed E-state index contributed by atoms with van der Waals surface area (Å²) in [5, 5.41) is 3.46. The first-order valence-corrected chi connectivity index (χ1v) is 7.46. The highest BCUT2D eigenvalue weighted by Gasteiger charge is 2.15. The molecule has 0 radical (unpaired) electrons. The van der Waals surface area contributed by atoms with Gasteiger partial charge in [0, 0.05) is 18.7 Å². The van der Waals surface area contributed by atoms with Gasteiger partial charge in [0.25, 0.3) is 0 Å². The van der Waals surface area contributed by atoms with Crippen LogP contribution in [0.25, 0.3) is 0 Å². The van der Waals surface area contributed by atoms with Gasteiger partial charge in [-0.2, -0.15) is 0 Å². The number of rotatable bonds is 6. The molecule has 0 bridgehead atoms. The first-order valence-electron chi connectivity index (χ1n) is 7.46. The predicted octanol–water partition coefficient (Wildman–Crippen LogP) is 3.70. The Hall–Kier alpha value is -1.61. The van der Waals surface area contributed by atoms with Gasteiger partial charge in [-0.25, -0.2) is 4.79 Å². The fourth-order valence-electron chi connectivity index (χ4n) is 1.88. The lowest BCUT2D eigenvalue weighted by Crippen LogP contribution is -2.32. The van der Waals surface area contributed by atoms with Gasteiger partial charge in [0.2, 0.25) is 0 Å². The van der Waals surface area contributed by atoms with Crippen molar-refractivity contribution in [3.8, 4) is 0 Å². The summed E-state index contributed by atoms with van der Waals surface area (Å²) in [6.07, 6.45) is 3.41. The Morgan fingerprint density at radius 1 is 1.24 bits per heavy atom. The van der Waals surface area contributed by atoms with E-state index < -0.39 is 5.60 Å². The van der Waals surface area contributed by atoms with E-state index in [1.165, 1.54) is 11.6 Å². The molecule has 21 heavy (non-hydrogen) atoms. The van der Waals surface area contributed by atoms with Crippen molar-refractivity contribution >= 4 is 5.97 Å². The van der Waals surface area contributed by atoms with E-state index in [-0.39, 0.29) is 12.0 Å². The molecule has 1 unspecified atom stereocenters. The van der Waals surface area contributed by atoms with E-state index in [2.05, 4.69) is 31.3 Å². The van der Waals surface area contributed by atoms with Crippen LogP contribution in [0.15, 0.2) is 42.5 Å². The quantitative estimate of drug-likeness (QED) is 0.641. The summed E-state index contributed by atoms with van der Waals surface area (Å²) in [6, 6.07) is 10.4. The average Bonchev–Trinajstić information content (AvgIpc) is 2.37. The molecule has 0 aliphatic heterocycles. The molecule has 1 atom stereocenters. The molecule has 0 saturated carbocycles. The highest BCUT2D eigenvalue weighted by Crippen LogP contribution is 2.09. The Bertz CT molecular complexity index is 458. The van der Waals surface area contributed by atoms with Crippen LogP contribution in [-0.4, -0.2) is 17.6 Å². The molecule has 1 N–H and O–H groups in total. The van der Waals surface area contributed by atoms with Crippen molar-refractivity contribution in [1.29, 1.82) is 0 Å². The topological polar surface area (TPSA) is 38.3 Å². The molecule has 0 aliphatic carbocycles. The molecule has 1 rings (SSSR count). The van der Waals surface area contributed by atoms with Gasteiger partial charge in [-0.05, 0) is 32.3 Å². The van der Waals surface area contributed by atoms with Gasteiger partial charge in [-0.1, -0.05) is 50.3 Å². The van der Waals surface area contributed by atoms with Crippen LogP contribution in [-0.2, 0) is 16.1 Å². The standard InChI is InChI=1S/C18H27NO2/c1-14(2)16(11-12-17(20)21-18(3,4)5)19-13-15-9-7-6-8-10-15/h6-12,14,16,19H,13H2,1-5H3/b12-11-. The van der Waals surface area contributed by atoms with E-state index in [0.717, 1.165) is 6.54 Å². The summed E-state index contributed by atoms with van der Waals surface area (Å²) >= 11 is 0. The lowest BCUT2D eigenvalue weighted by atomic mass is 10.0. The fourth-order valence-corrected chi connectivity index (χ4v) is 1.88. The molecular weight excluding hydrogens is 262 g/mol. The van der Waals surface area contributed by atoms with Gasteiger partial charge < -0.3 is 10.1 Å². The molecule has 0 heterocycles. The third kappa shape index (κ3) is 7.66. The molecule has 0 aliphatic rings. The molecule has 3 heteroatoms. The normalized spacial score (nSPS) is 13.6. The Labute approximate surface area is 128 Å². The van der Waals surface area contributed by atoms with Crippen molar-refractivity contribution in [3.05, 3.63) is 48.0 Å². The second kappa shape index (κ2) is 7.99. The molecule has 0 saturated heterocycles. The lowest BCUT2D eigenvalue weighted by Gasteiger charge is -2.20. The van der Waals surface area contributed by atoms with Gasteiger partial charge in [0.1, 0.15) is 5.60 Å². The molecule has 0 amide bonds. The minimum atomic E-state index is -0.452. The zero-order valence-electron chi connectivity index (χ0n) is 13.7. The van der Waals surface area contributed by atoms with Gasteiger partial charge in [0.05, 0.1) is 0 Å². The summed E-state index contributed by atoms with van der Waals surface area (Å²) in [6.45, 7) is 10.6. The SMILES string of the molecule is CC(C)C(/C=C\C(=O)OC(C)(C)C)NCc1ccccc1. The van der Waals surface area contributed by atoms with Crippen molar-refractivity contribution in [1.82, 2.24) is 5.32 Å². The first kappa shape index (κ1) is 17.4. The second-order valence-corrected chi connectivity index (χ2v) is 6.53. The monoisotopic (exact) mass is 289 g/mol. The minimum Gasteiger partial charge on any atom is -0.457 e. The van der Waals surface area contributed by atoms with E-state index in [0.29, 0.717) is 5.92 Å². The van der Waals surface area contributed by atoms with E-state index in [4.69, 9.17) is 4.74 Å². The maximum Gasteiger partial charge on any atom is 0.330 e. The molecule has 1 aromatic rings. The van der Waals surface area contributed by atoms with Crippen LogP contribution in [0.1, 0.15) is 40.2 Å². The van der Waals surface area contributed by atoms with E-state index >= 15 is 0 Å².